The number of fused-ring (bicyclic) bond motifs is 1. The summed E-state index contributed by atoms with van der Waals surface area (Å²) in [6.07, 6.45) is -2.54. The molecular weight excluding hydrogens is 321 g/mol. The molecular formula is C17H17F3N2O2. The molecule has 0 unspecified atom stereocenters. The first-order valence-corrected chi connectivity index (χ1v) is 7.70. The third-order valence-electron chi connectivity index (χ3n) is 4.16. The molecule has 1 amide bonds. The normalized spacial score (nSPS) is 18.2. The minimum atomic E-state index is -4.40. The van der Waals surface area contributed by atoms with Gasteiger partial charge in [0.25, 0.3) is 5.91 Å². The van der Waals surface area contributed by atoms with Crippen LogP contribution in [0.25, 0.3) is 10.9 Å². The van der Waals surface area contributed by atoms with E-state index in [9.17, 15) is 18.0 Å². The summed E-state index contributed by atoms with van der Waals surface area (Å²) in [7, 11) is 0. The second kappa shape index (κ2) is 6.30. The van der Waals surface area contributed by atoms with Crippen molar-refractivity contribution in [2.45, 2.75) is 32.0 Å². The number of benzene rings is 1. The average molecular weight is 338 g/mol. The summed E-state index contributed by atoms with van der Waals surface area (Å²) < 4.78 is 44.3. The van der Waals surface area contributed by atoms with E-state index >= 15 is 0 Å². The number of aromatic nitrogens is 1. The third-order valence-corrected chi connectivity index (χ3v) is 4.16. The van der Waals surface area contributed by atoms with Crippen LogP contribution < -0.4 is 4.74 Å². The van der Waals surface area contributed by atoms with Gasteiger partial charge in [0.15, 0.2) is 6.61 Å². The topological polar surface area (TPSA) is 42.4 Å². The van der Waals surface area contributed by atoms with Gasteiger partial charge in [-0.25, -0.2) is 0 Å². The number of rotatable bonds is 3. The first kappa shape index (κ1) is 16.5. The Morgan fingerprint density at radius 2 is 2.17 bits per heavy atom. The molecule has 0 spiro atoms. The molecule has 24 heavy (non-hydrogen) atoms. The molecule has 0 aliphatic carbocycles. The number of halogens is 3. The SMILES string of the molecule is Cc1ccc2c(OCC(=O)N3CCC[C@H]3C(F)(F)F)ccnc2c1. The largest absolute Gasteiger partial charge is 0.483 e. The molecule has 4 nitrogen and oxygen atoms in total. The maximum absolute atomic E-state index is 12.9. The van der Waals surface area contributed by atoms with Gasteiger partial charge in [-0.15, -0.1) is 0 Å². The summed E-state index contributed by atoms with van der Waals surface area (Å²) in [5, 5.41) is 0.727. The summed E-state index contributed by atoms with van der Waals surface area (Å²) >= 11 is 0. The minimum Gasteiger partial charge on any atom is -0.483 e. The number of alkyl halides is 3. The number of hydrogen-bond donors (Lipinski definition) is 0. The van der Waals surface area contributed by atoms with Crippen molar-refractivity contribution >= 4 is 16.8 Å². The highest BCUT2D eigenvalue weighted by atomic mass is 19.4. The number of carbonyl (C=O) groups excluding carboxylic acids is 1. The minimum absolute atomic E-state index is 0.0489. The van der Waals surface area contributed by atoms with Gasteiger partial charge < -0.3 is 9.64 Å². The number of amides is 1. The zero-order chi connectivity index (χ0) is 17.3. The van der Waals surface area contributed by atoms with E-state index < -0.39 is 24.7 Å². The molecule has 2 heterocycles. The average Bonchev–Trinajstić information content (AvgIpc) is 3.02. The Morgan fingerprint density at radius 1 is 1.38 bits per heavy atom. The summed E-state index contributed by atoms with van der Waals surface area (Å²) in [5.41, 5.74) is 1.75. The maximum Gasteiger partial charge on any atom is 0.408 e. The fourth-order valence-corrected chi connectivity index (χ4v) is 2.99. The summed E-state index contributed by atoms with van der Waals surface area (Å²) in [6, 6.07) is 5.50. The van der Waals surface area contributed by atoms with Gasteiger partial charge in [-0.3, -0.25) is 9.78 Å². The van der Waals surface area contributed by atoms with Gasteiger partial charge in [-0.05, 0) is 43.5 Å². The highest BCUT2D eigenvalue weighted by Crippen LogP contribution is 2.32. The van der Waals surface area contributed by atoms with Gasteiger partial charge in [-0.1, -0.05) is 6.07 Å². The van der Waals surface area contributed by atoms with Crippen LogP contribution in [0.4, 0.5) is 13.2 Å². The maximum atomic E-state index is 12.9. The molecule has 0 radical (unpaired) electrons. The highest BCUT2D eigenvalue weighted by Gasteiger charge is 2.47. The lowest BCUT2D eigenvalue weighted by Gasteiger charge is -2.26. The Bertz CT molecular complexity index is 761. The first-order valence-electron chi connectivity index (χ1n) is 7.70. The Morgan fingerprint density at radius 3 is 2.92 bits per heavy atom. The second-order valence-corrected chi connectivity index (χ2v) is 5.91. The predicted octanol–water partition coefficient (Wildman–Crippen LogP) is 3.48. The number of pyridine rings is 1. The van der Waals surface area contributed by atoms with Crippen molar-refractivity contribution in [3.63, 3.8) is 0 Å². The lowest BCUT2D eigenvalue weighted by molar-refractivity contribution is -0.183. The van der Waals surface area contributed by atoms with Crippen LogP contribution in [0, 0.1) is 6.92 Å². The highest BCUT2D eigenvalue weighted by molar-refractivity contribution is 5.86. The quantitative estimate of drug-likeness (QED) is 0.860. The van der Waals surface area contributed by atoms with E-state index in [4.69, 9.17) is 4.74 Å². The molecule has 1 saturated heterocycles. The van der Waals surface area contributed by atoms with Crippen molar-refractivity contribution in [3.05, 3.63) is 36.0 Å². The van der Waals surface area contributed by atoms with Crippen molar-refractivity contribution in [2.24, 2.45) is 0 Å². The molecule has 1 aromatic carbocycles. The van der Waals surface area contributed by atoms with E-state index in [1.54, 1.807) is 12.3 Å². The molecule has 2 aromatic rings. The number of nitrogens with zero attached hydrogens (tertiary/aromatic N) is 2. The number of carbonyl (C=O) groups is 1. The standard InChI is InChI=1S/C17H17F3N2O2/c1-11-4-5-12-13(9-11)21-7-6-14(12)24-10-16(23)22-8-2-3-15(22)17(18,19)20/h4-7,9,15H,2-3,8,10H2,1H3/t15-/m0/s1. The molecule has 0 bridgehead atoms. The Kier molecular flexibility index (Phi) is 4.34. The van der Waals surface area contributed by atoms with Gasteiger partial charge >= 0.3 is 6.18 Å². The zero-order valence-electron chi connectivity index (χ0n) is 13.1. The molecule has 1 aliphatic rings. The molecule has 7 heteroatoms. The lowest BCUT2D eigenvalue weighted by atomic mass is 10.1. The number of aryl methyl sites for hydroxylation is 1. The third kappa shape index (κ3) is 3.29. The van der Waals surface area contributed by atoms with E-state index in [0.29, 0.717) is 17.7 Å². The molecule has 1 aromatic heterocycles. The number of hydrogen-bond acceptors (Lipinski definition) is 3. The van der Waals surface area contributed by atoms with Crippen molar-refractivity contribution in [2.75, 3.05) is 13.2 Å². The van der Waals surface area contributed by atoms with Crippen molar-refractivity contribution in [1.82, 2.24) is 9.88 Å². The number of likely N-dealkylation sites (tertiary alicyclic amines) is 1. The zero-order valence-corrected chi connectivity index (χ0v) is 13.1. The Hall–Kier alpha value is -2.31. The first-order chi connectivity index (χ1) is 11.4. The van der Waals surface area contributed by atoms with Crippen LogP contribution in [0.1, 0.15) is 18.4 Å². The van der Waals surface area contributed by atoms with Gasteiger partial charge in [0.05, 0.1) is 5.52 Å². The molecule has 1 aliphatic heterocycles. The van der Waals surface area contributed by atoms with Crippen molar-refractivity contribution in [1.29, 1.82) is 0 Å². The molecule has 128 valence electrons. The van der Waals surface area contributed by atoms with Crippen molar-refractivity contribution < 1.29 is 22.7 Å². The number of ether oxygens (including phenoxy) is 1. The van der Waals surface area contributed by atoms with E-state index in [-0.39, 0.29) is 13.0 Å². The molecule has 3 rings (SSSR count). The summed E-state index contributed by atoms with van der Waals surface area (Å²) in [4.78, 5) is 17.2. The van der Waals surface area contributed by atoms with Crippen LogP contribution in [-0.4, -0.2) is 41.2 Å². The monoisotopic (exact) mass is 338 g/mol. The second-order valence-electron chi connectivity index (χ2n) is 5.91. The van der Waals surface area contributed by atoms with Crippen LogP contribution >= 0.6 is 0 Å². The fourth-order valence-electron chi connectivity index (χ4n) is 2.99. The van der Waals surface area contributed by atoms with E-state index in [1.807, 2.05) is 25.1 Å². The fraction of sp³-hybridized carbons (Fsp3) is 0.412. The van der Waals surface area contributed by atoms with Gasteiger partial charge in [0.2, 0.25) is 0 Å². The Balaban J connectivity index is 1.73. The molecule has 1 atom stereocenters. The van der Waals surface area contributed by atoms with Crippen LogP contribution in [0.3, 0.4) is 0 Å². The van der Waals surface area contributed by atoms with Gasteiger partial charge in [0, 0.05) is 18.1 Å². The van der Waals surface area contributed by atoms with Crippen LogP contribution in [0.2, 0.25) is 0 Å². The van der Waals surface area contributed by atoms with Crippen LogP contribution in [0.15, 0.2) is 30.5 Å². The Labute approximate surface area is 137 Å². The van der Waals surface area contributed by atoms with Crippen molar-refractivity contribution in [3.8, 4) is 5.75 Å². The summed E-state index contributed by atoms with van der Waals surface area (Å²) in [5.74, 6) is -0.206. The van der Waals surface area contributed by atoms with E-state index in [2.05, 4.69) is 4.98 Å². The van der Waals surface area contributed by atoms with E-state index in [1.165, 1.54) is 0 Å². The molecule has 0 saturated carbocycles. The molecule has 1 fully saturated rings. The van der Waals surface area contributed by atoms with Crippen LogP contribution in [0.5, 0.6) is 5.75 Å². The smallest absolute Gasteiger partial charge is 0.408 e. The molecule has 0 N–H and O–H groups in total. The van der Waals surface area contributed by atoms with E-state index in [0.717, 1.165) is 15.8 Å². The van der Waals surface area contributed by atoms with Gasteiger partial charge in [0.1, 0.15) is 11.8 Å². The predicted molar refractivity (Wildman–Crippen MR) is 82.8 cm³/mol. The van der Waals surface area contributed by atoms with Crippen LogP contribution in [-0.2, 0) is 4.79 Å². The lowest BCUT2D eigenvalue weighted by Crippen LogP contribution is -2.46. The van der Waals surface area contributed by atoms with Gasteiger partial charge in [-0.2, -0.15) is 13.2 Å². The summed E-state index contributed by atoms with van der Waals surface area (Å²) in [6.45, 7) is 1.63.